The van der Waals surface area contributed by atoms with Crippen molar-refractivity contribution in [2.24, 2.45) is 0 Å². The monoisotopic (exact) mass is 174 g/mol. The summed E-state index contributed by atoms with van der Waals surface area (Å²) in [6.45, 7) is 4.00. The minimum atomic E-state index is 0. The van der Waals surface area contributed by atoms with Crippen LogP contribution < -0.4 is 37.7 Å². The summed E-state index contributed by atoms with van der Waals surface area (Å²) in [7, 11) is 0. The Balaban J connectivity index is -0.00000000200. The third-order valence-corrected chi connectivity index (χ3v) is 0. The first-order valence-electron chi connectivity index (χ1n) is 1.15. The van der Waals surface area contributed by atoms with Gasteiger partial charge in [0, 0.05) is 0 Å². The Kier molecular flexibility index (Phi) is 227. The van der Waals surface area contributed by atoms with E-state index < -0.39 is 0 Å². The molecule has 4 heteroatoms. The molecule has 0 atom stereocenters. The van der Waals surface area contributed by atoms with Crippen molar-refractivity contribution in [2.45, 2.75) is 13.8 Å². The molecular weight excluding hydrogens is 165 g/mol. The van der Waals surface area contributed by atoms with E-state index in [0.29, 0.717) is 0 Å². The van der Waals surface area contributed by atoms with Crippen molar-refractivity contribution in [2.75, 3.05) is 0 Å². The Morgan fingerprint density at radius 2 is 1.14 bits per heavy atom. The summed E-state index contributed by atoms with van der Waals surface area (Å²) >= 11 is 0. The molecular formula is C3H10BrClLi2. The second kappa shape index (κ2) is 44.0. The van der Waals surface area contributed by atoms with E-state index in [2.05, 4.69) is 0 Å². The van der Waals surface area contributed by atoms with Gasteiger partial charge in [-0.2, -0.15) is 13.8 Å². The normalized spacial score (nSPS) is 2.57. The Hall–Kier alpha value is 1.96. The summed E-state index contributed by atoms with van der Waals surface area (Å²) in [5.41, 5.74) is 0. The van der Waals surface area contributed by atoms with Gasteiger partial charge in [0.2, 0.25) is 0 Å². The fraction of sp³-hybridized carbons (Fsp3) is 0.667. The van der Waals surface area contributed by atoms with Crippen molar-refractivity contribution in [1.82, 2.24) is 0 Å². The maximum Gasteiger partial charge on any atom is 1.00 e. The molecule has 0 amide bonds. The molecule has 0 spiro atoms. The summed E-state index contributed by atoms with van der Waals surface area (Å²) in [5.74, 6) is 0. The minimum Gasteiger partial charge on any atom is -1.00 e. The molecule has 0 aliphatic heterocycles. The van der Waals surface area contributed by atoms with E-state index in [1.165, 1.54) is 0 Å². The van der Waals surface area contributed by atoms with Crippen molar-refractivity contribution >= 4 is 29.4 Å². The van der Waals surface area contributed by atoms with E-state index in [0.717, 1.165) is 0 Å². The predicted molar refractivity (Wildman–Crippen MR) is 34.3 cm³/mol. The van der Waals surface area contributed by atoms with E-state index in [-0.39, 0.29) is 68.5 Å². The molecule has 0 fully saturated rings. The fourth-order valence-corrected chi connectivity index (χ4v) is 0. The maximum absolute atomic E-state index is 2.00. The van der Waals surface area contributed by atoms with Crippen LogP contribution in [0.5, 0.6) is 0 Å². The van der Waals surface area contributed by atoms with Gasteiger partial charge in [-0.15, -0.1) is 29.4 Å². The molecule has 0 bridgehead atoms. The zero-order chi connectivity index (χ0) is 2.71. The van der Waals surface area contributed by atoms with Gasteiger partial charge in [-0.25, -0.2) is 0 Å². The van der Waals surface area contributed by atoms with E-state index in [9.17, 15) is 0 Å². The average molecular weight is 175 g/mol. The zero-order valence-corrected chi connectivity index (χ0v) is 7.92. The fourth-order valence-electron chi connectivity index (χ4n) is 0. The Morgan fingerprint density at radius 3 is 1.14 bits per heavy atom. The molecule has 0 aromatic carbocycles. The van der Waals surface area contributed by atoms with Crippen LogP contribution in [0.3, 0.4) is 0 Å². The molecule has 0 aromatic rings. The molecule has 0 saturated carbocycles. The van der Waals surface area contributed by atoms with Crippen LogP contribution in [0, 0.1) is 6.42 Å². The van der Waals surface area contributed by atoms with E-state index in [4.69, 9.17) is 0 Å². The van der Waals surface area contributed by atoms with Gasteiger partial charge in [-0.1, -0.05) is 0 Å². The van der Waals surface area contributed by atoms with Crippen LogP contribution >= 0.6 is 29.4 Å². The van der Waals surface area contributed by atoms with Crippen LogP contribution in [0.2, 0.25) is 0 Å². The topological polar surface area (TPSA) is 0 Å². The van der Waals surface area contributed by atoms with Gasteiger partial charge in [0.15, 0.2) is 0 Å². The third kappa shape index (κ3) is 73.4. The SMILES string of the molecule is Br.C[CH-]C.Cl.[H-].[Li+].[Li+]. The molecule has 0 aliphatic carbocycles. The summed E-state index contributed by atoms with van der Waals surface area (Å²) in [4.78, 5) is 0. The van der Waals surface area contributed by atoms with Gasteiger partial charge >= 0.3 is 37.7 Å². The molecule has 7 heavy (non-hydrogen) atoms. The standard InChI is InChI=1S/C3H7.BrH.ClH.2Li.H/c1-3-2;;;;;/h3H,1-2H3;2*1H;;;/q-1;;;2*+1;-1. The number of halogens is 2. The van der Waals surface area contributed by atoms with Crippen LogP contribution in [-0.4, -0.2) is 0 Å². The number of rotatable bonds is 0. The van der Waals surface area contributed by atoms with Crippen molar-refractivity contribution in [3.8, 4) is 0 Å². The van der Waals surface area contributed by atoms with Crippen molar-refractivity contribution in [3.05, 3.63) is 6.42 Å². The molecule has 0 unspecified atom stereocenters. The molecule has 0 radical (unpaired) electrons. The second-order valence-corrected chi connectivity index (χ2v) is 0.577. The Bertz CT molecular complexity index is 17.2. The molecule has 0 aliphatic rings. The number of hydrogen-bond donors (Lipinski definition) is 0. The van der Waals surface area contributed by atoms with Crippen LogP contribution in [0.4, 0.5) is 0 Å². The molecule has 0 aromatic heterocycles. The molecule has 0 N–H and O–H groups in total. The van der Waals surface area contributed by atoms with E-state index in [1.807, 2.05) is 20.3 Å². The molecule has 0 rings (SSSR count). The van der Waals surface area contributed by atoms with Gasteiger partial charge in [0.05, 0.1) is 0 Å². The van der Waals surface area contributed by atoms with Gasteiger partial charge in [-0.05, 0) is 0 Å². The third-order valence-electron chi connectivity index (χ3n) is 0. The van der Waals surface area contributed by atoms with Crippen molar-refractivity contribution in [1.29, 1.82) is 0 Å². The first kappa shape index (κ1) is 36.2. The van der Waals surface area contributed by atoms with E-state index >= 15 is 0 Å². The van der Waals surface area contributed by atoms with Crippen LogP contribution in [-0.2, 0) is 0 Å². The van der Waals surface area contributed by atoms with Crippen LogP contribution in [0.1, 0.15) is 15.3 Å². The largest absolute Gasteiger partial charge is 1.00 e. The number of hydrogen-bond acceptors (Lipinski definition) is 0. The van der Waals surface area contributed by atoms with Crippen LogP contribution in [0.25, 0.3) is 0 Å². The Morgan fingerprint density at radius 1 is 1.14 bits per heavy atom. The smallest absolute Gasteiger partial charge is 1.00 e. The predicted octanol–water partition coefficient (Wildman–Crippen LogP) is -3.65. The molecule has 0 saturated heterocycles. The minimum absolute atomic E-state index is 0. The Labute approximate surface area is 88.2 Å². The van der Waals surface area contributed by atoms with Gasteiger partial charge in [0.1, 0.15) is 0 Å². The van der Waals surface area contributed by atoms with Crippen molar-refractivity contribution < 1.29 is 39.1 Å². The average Bonchev–Trinajstić information content (AvgIpc) is 0.918. The van der Waals surface area contributed by atoms with Gasteiger partial charge in [0.25, 0.3) is 0 Å². The molecule has 38 valence electrons. The zero-order valence-electron chi connectivity index (χ0n) is 6.39. The summed E-state index contributed by atoms with van der Waals surface area (Å²) < 4.78 is 0. The van der Waals surface area contributed by atoms with Crippen molar-refractivity contribution in [3.63, 3.8) is 0 Å². The van der Waals surface area contributed by atoms with Gasteiger partial charge in [-0.3, -0.25) is 0 Å². The van der Waals surface area contributed by atoms with Crippen LogP contribution in [0.15, 0.2) is 0 Å². The molecule has 0 heterocycles. The summed E-state index contributed by atoms with van der Waals surface area (Å²) in [6, 6.07) is 0. The first-order valence-corrected chi connectivity index (χ1v) is 1.15. The second-order valence-electron chi connectivity index (χ2n) is 0.577. The van der Waals surface area contributed by atoms with Gasteiger partial charge < -0.3 is 7.85 Å². The quantitative estimate of drug-likeness (QED) is 0.263. The first-order chi connectivity index (χ1) is 1.41. The van der Waals surface area contributed by atoms with E-state index in [1.54, 1.807) is 0 Å². The maximum atomic E-state index is 2.00. The molecule has 0 nitrogen and oxygen atoms in total. The summed E-state index contributed by atoms with van der Waals surface area (Å²) in [5, 5.41) is 0. The summed E-state index contributed by atoms with van der Waals surface area (Å²) in [6.07, 6.45) is 2.00.